The molecule has 0 amide bonds. The van der Waals surface area contributed by atoms with Gasteiger partial charge < -0.3 is 19.1 Å². The first-order valence-corrected chi connectivity index (χ1v) is 12.6. The van der Waals surface area contributed by atoms with Crippen molar-refractivity contribution in [1.29, 1.82) is 0 Å². The van der Waals surface area contributed by atoms with Gasteiger partial charge in [0, 0.05) is 24.0 Å². The molecule has 36 heavy (non-hydrogen) atoms. The van der Waals surface area contributed by atoms with Crippen LogP contribution in [0.25, 0.3) is 22.2 Å². The molecule has 0 aliphatic rings. The van der Waals surface area contributed by atoms with Crippen molar-refractivity contribution in [3.8, 4) is 22.8 Å². The topological polar surface area (TPSA) is 81.8 Å². The van der Waals surface area contributed by atoms with Gasteiger partial charge in [0.15, 0.2) is 5.58 Å². The molecule has 0 aliphatic carbocycles. The van der Waals surface area contributed by atoms with E-state index in [4.69, 9.17) is 19.1 Å². The SMILES string of the molecule is CCCc1c(OC(C)CCOc2ccc(CCCC(=O)O)cc2)ccc2c(-c3ccccc3)noc12. The molecule has 0 aliphatic heterocycles. The zero-order valence-corrected chi connectivity index (χ0v) is 20.9. The van der Waals surface area contributed by atoms with Gasteiger partial charge in [0.1, 0.15) is 17.2 Å². The molecule has 1 heterocycles. The number of carboxylic acid groups (broad SMARTS) is 1. The van der Waals surface area contributed by atoms with Crippen molar-refractivity contribution in [2.45, 2.75) is 58.5 Å². The first-order valence-electron chi connectivity index (χ1n) is 12.6. The number of aryl methyl sites for hydroxylation is 2. The summed E-state index contributed by atoms with van der Waals surface area (Å²) in [5.41, 5.74) is 4.84. The Kier molecular flexibility index (Phi) is 8.61. The van der Waals surface area contributed by atoms with Crippen LogP contribution in [0, 0.1) is 0 Å². The van der Waals surface area contributed by atoms with Gasteiger partial charge in [-0.15, -0.1) is 0 Å². The summed E-state index contributed by atoms with van der Waals surface area (Å²) in [6.45, 7) is 4.72. The van der Waals surface area contributed by atoms with Crippen LogP contribution >= 0.6 is 0 Å². The lowest BCUT2D eigenvalue weighted by Gasteiger charge is -2.18. The Hall–Kier alpha value is -3.80. The van der Waals surface area contributed by atoms with E-state index in [0.717, 1.165) is 70.5 Å². The number of rotatable bonds is 13. The molecule has 4 rings (SSSR count). The highest BCUT2D eigenvalue weighted by Gasteiger charge is 2.18. The fourth-order valence-corrected chi connectivity index (χ4v) is 4.26. The van der Waals surface area contributed by atoms with Gasteiger partial charge in [-0.05, 0) is 56.0 Å². The number of aliphatic carboxylic acids is 1. The van der Waals surface area contributed by atoms with Crippen LogP contribution in [0.1, 0.15) is 50.7 Å². The minimum atomic E-state index is -0.759. The van der Waals surface area contributed by atoms with Crippen LogP contribution in [-0.4, -0.2) is 28.9 Å². The molecule has 0 fully saturated rings. The number of carbonyl (C=O) groups is 1. The third-order valence-corrected chi connectivity index (χ3v) is 6.15. The fraction of sp³-hybridized carbons (Fsp3) is 0.333. The van der Waals surface area contributed by atoms with Crippen molar-refractivity contribution in [2.75, 3.05) is 6.61 Å². The molecule has 1 aromatic heterocycles. The van der Waals surface area contributed by atoms with E-state index >= 15 is 0 Å². The molecule has 4 aromatic rings. The highest BCUT2D eigenvalue weighted by Crippen LogP contribution is 2.35. The van der Waals surface area contributed by atoms with E-state index in [1.165, 1.54) is 0 Å². The summed E-state index contributed by atoms with van der Waals surface area (Å²) >= 11 is 0. The quantitative estimate of drug-likeness (QED) is 0.217. The maximum absolute atomic E-state index is 10.7. The summed E-state index contributed by atoms with van der Waals surface area (Å²) in [6, 6.07) is 22.0. The van der Waals surface area contributed by atoms with Crippen molar-refractivity contribution in [3.05, 3.63) is 77.9 Å². The van der Waals surface area contributed by atoms with Gasteiger partial charge in [-0.2, -0.15) is 0 Å². The summed E-state index contributed by atoms with van der Waals surface area (Å²) in [5.74, 6) is 0.872. The van der Waals surface area contributed by atoms with E-state index in [-0.39, 0.29) is 12.5 Å². The van der Waals surface area contributed by atoms with Gasteiger partial charge in [0.05, 0.1) is 18.1 Å². The second kappa shape index (κ2) is 12.2. The third-order valence-electron chi connectivity index (χ3n) is 6.15. The van der Waals surface area contributed by atoms with Crippen LogP contribution < -0.4 is 9.47 Å². The normalized spacial score (nSPS) is 11.9. The van der Waals surface area contributed by atoms with Crippen LogP contribution in [-0.2, 0) is 17.6 Å². The van der Waals surface area contributed by atoms with Crippen LogP contribution in [0.5, 0.6) is 11.5 Å². The van der Waals surface area contributed by atoms with E-state index in [2.05, 4.69) is 12.1 Å². The Morgan fingerprint density at radius 3 is 2.53 bits per heavy atom. The summed E-state index contributed by atoms with van der Waals surface area (Å²) in [4.78, 5) is 10.7. The van der Waals surface area contributed by atoms with E-state index in [0.29, 0.717) is 13.0 Å². The number of hydrogen-bond acceptors (Lipinski definition) is 5. The van der Waals surface area contributed by atoms with Gasteiger partial charge in [-0.3, -0.25) is 4.79 Å². The first-order chi connectivity index (χ1) is 17.5. The molecule has 0 saturated carbocycles. The predicted molar refractivity (Wildman–Crippen MR) is 141 cm³/mol. The summed E-state index contributed by atoms with van der Waals surface area (Å²) in [5, 5.41) is 14.1. The zero-order chi connectivity index (χ0) is 25.3. The Bertz CT molecular complexity index is 1260. The van der Waals surface area contributed by atoms with Crippen LogP contribution in [0.3, 0.4) is 0 Å². The minimum Gasteiger partial charge on any atom is -0.493 e. The van der Waals surface area contributed by atoms with Crippen LogP contribution in [0.15, 0.2) is 71.3 Å². The average Bonchev–Trinajstić information content (AvgIpc) is 3.31. The van der Waals surface area contributed by atoms with Crippen LogP contribution in [0.4, 0.5) is 0 Å². The number of ether oxygens (including phenoxy) is 2. The molecule has 1 atom stereocenters. The maximum atomic E-state index is 10.7. The Morgan fingerprint density at radius 2 is 1.81 bits per heavy atom. The molecule has 0 spiro atoms. The first kappa shape index (κ1) is 25.3. The number of aromatic nitrogens is 1. The lowest BCUT2D eigenvalue weighted by Crippen LogP contribution is -2.16. The zero-order valence-electron chi connectivity index (χ0n) is 20.9. The minimum absolute atomic E-state index is 0.0372. The molecule has 0 radical (unpaired) electrons. The second-order valence-corrected chi connectivity index (χ2v) is 9.02. The van der Waals surface area contributed by atoms with Gasteiger partial charge in [0.25, 0.3) is 0 Å². The van der Waals surface area contributed by atoms with Gasteiger partial charge in [-0.25, -0.2) is 0 Å². The molecular weight excluding hydrogens is 454 g/mol. The summed E-state index contributed by atoms with van der Waals surface area (Å²) in [7, 11) is 0. The van der Waals surface area contributed by atoms with E-state index in [9.17, 15) is 4.79 Å². The van der Waals surface area contributed by atoms with Crippen molar-refractivity contribution in [1.82, 2.24) is 5.16 Å². The molecule has 6 nitrogen and oxygen atoms in total. The summed E-state index contributed by atoms with van der Waals surface area (Å²) in [6.07, 6.45) is 4.09. The van der Waals surface area contributed by atoms with E-state index < -0.39 is 5.97 Å². The summed E-state index contributed by atoms with van der Waals surface area (Å²) < 4.78 is 18.0. The van der Waals surface area contributed by atoms with E-state index in [1.54, 1.807) is 0 Å². The van der Waals surface area contributed by atoms with E-state index in [1.807, 2.05) is 73.7 Å². The molecular formula is C30H33NO5. The highest BCUT2D eigenvalue weighted by molar-refractivity contribution is 5.94. The van der Waals surface area contributed by atoms with Crippen molar-refractivity contribution in [2.24, 2.45) is 0 Å². The Balaban J connectivity index is 1.35. The van der Waals surface area contributed by atoms with Gasteiger partial charge in [0.2, 0.25) is 0 Å². The monoisotopic (exact) mass is 487 g/mol. The molecule has 0 saturated heterocycles. The molecule has 188 valence electrons. The fourth-order valence-electron chi connectivity index (χ4n) is 4.26. The molecule has 6 heteroatoms. The number of hydrogen-bond donors (Lipinski definition) is 1. The standard InChI is InChI=1S/C30H33NO5/c1-3-8-25-27(18-17-26-29(31-36-30(25)26)23-10-5-4-6-11-23)35-21(2)19-20-34-24-15-13-22(14-16-24)9-7-12-28(32)33/h4-6,10-11,13-18,21H,3,7-9,12,19-20H2,1-2H3,(H,32,33). The molecule has 1 unspecified atom stereocenters. The maximum Gasteiger partial charge on any atom is 0.303 e. The third kappa shape index (κ3) is 6.45. The molecule has 3 aromatic carbocycles. The molecule has 0 bridgehead atoms. The Morgan fingerprint density at radius 1 is 1.03 bits per heavy atom. The lowest BCUT2D eigenvalue weighted by atomic mass is 10.0. The highest BCUT2D eigenvalue weighted by atomic mass is 16.5. The largest absolute Gasteiger partial charge is 0.493 e. The van der Waals surface area contributed by atoms with Crippen molar-refractivity contribution < 1.29 is 23.9 Å². The van der Waals surface area contributed by atoms with Crippen molar-refractivity contribution in [3.63, 3.8) is 0 Å². The second-order valence-electron chi connectivity index (χ2n) is 9.02. The van der Waals surface area contributed by atoms with Crippen LogP contribution in [0.2, 0.25) is 0 Å². The average molecular weight is 488 g/mol. The predicted octanol–water partition coefficient (Wildman–Crippen LogP) is 7.09. The van der Waals surface area contributed by atoms with Gasteiger partial charge >= 0.3 is 5.97 Å². The smallest absolute Gasteiger partial charge is 0.303 e. The molecule has 1 N–H and O–H groups in total. The van der Waals surface area contributed by atoms with Gasteiger partial charge in [-0.1, -0.05) is 61.0 Å². The number of benzene rings is 3. The Labute approximate surface area is 211 Å². The lowest BCUT2D eigenvalue weighted by molar-refractivity contribution is -0.137. The number of nitrogens with zero attached hydrogens (tertiary/aromatic N) is 1. The van der Waals surface area contributed by atoms with Crippen molar-refractivity contribution >= 4 is 16.9 Å². The number of carboxylic acids is 1. The number of fused-ring (bicyclic) bond motifs is 1.